The predicted molar refractivity (Wildman–Crippen MR) is 69.6 cm³/mol. The summed E-state index contributed by atoms with van der Waals surface area (Å²) in [5.74, 6) is 5.99. The van der Waals surface area contributed by atoms with Gasteiger partial charge in [0.2, 0.25) is 5.13 Å². The van der Waals surface area contributed by atoms with Crippen LogP contribution in [0.1, 0.15) is 11.9 Å². The van der Waals surface area contributed by atoms with Gasteiger partial charge in [0.1, 0.15) is 5.01 Å². The lowest BCUT2D eigenvalue weighted by Gasteiger charge is -2.22. The van der Waals surface area contributed by atoms with Gasteiger partial charge in [-0.05, 0) is 20.0 Å². The minimum absolute atomic E-state index is 0.634. The molecule has 0 saturated carbocycles. The molecule has 0 spiro atoms. The minimum Gasteiger partial charge on any atom is -0.305 e. The van der Waals surface area contributed by atoms with Gasteiger partial charge < -0.3 is 4.90 Å². The van der Waals surface area contributed by atoms with Crippen molar-refractivity contribution in [3.8, 4) is 0 Å². The Morgan fingerprint density at radius 1 is 1.47 bits per heavy atom. The van der Waals surface area contributed by atoms with Crippen LogP contribution in [0.4, 0.5) is 5.13 Å². The molecule has 1 aromatic rings. The van der Waals surface area contributed by atoms with Gasteiger partial charge in [-0.2, -0.15) is 0 Å². The molecular formula is C10H20N6S. The van der Waals surface area contributed by atoms with Crippen LogP contribution in [0.25, 0.3) is 0 Å². The molecule has 2 unspecified atom stereocenters. The molecule has 2 rings (SSSR count). The molecule has 0 bridgehead atoms. The third-order valence-corrected chi connectivity index (χ3v) is 4.10. The van der Waals surface area contributed by atoms with Crippen LogP contribution in [0.2, 0.25) is 0 Å². The Balaban J connectivity index is 1.92. The smallest absolute Gasteiger partial charge is 0.219 e. The highest BCUT2D eigenvalue weighted by molar-refractivity contribution is 7.15. The van der Waals surface area contributed by atoms with Gasteiger partial charge in [0.25, 0.3) is 0 Å². The lowest BCUT2D eigenvalue weighted by Crippen LogP contribution is -2.34. The van der Waals surface area contributed by atoms with Crippen molar-refractivity contribution in [3.05, 3.63) is 5.01 Å². The molecule has 7 heteroatoms. The van der Waals surface area contributed by atoms with Crippen LogP contribution in [0, 0.1) is 5.92 Å². The highest BCUT2D eigenvalue weighted by atomic mass is 32.1. The van der Waals surface area contributed by atoms with Crippen molar-refractivity contribution in [2.75, 3.05) is 32.6 Å². The minimum atomic E-state index is 0.634. The number of nitrogen functional groups attached to an aromatic ring is 1. The number of nitrogens with two attached hydrogens (primary N) is 1. The van der Waals surface area contributed by atoms with Gasteiger partial charge in [-0.25, -0.2) is 5.84 Å². The molecule has 0 amide bonds. The van der Waals surface area contributed by atoms with Crippen molar-refractivity contribution in [1.82, 2.24) is 20.0 Å². The maximum absolute atomic E-state index is 5.29. The molecule has 2 heterocycles. The quantitative estimate of drug-likeness (QED) is 0.593. The Labute approximate surface area is 106 Å². The lowest BCUT2D eigenvalue weighted by atomic mass is 10.1. The van der Waals surface area contributed by atoms with Crippen molar-refractivity contribution in [3.63, 3.8) is 0 Å². The first-order chi connectivity index (χ1) is 8.10. The molecule has 1 fully saturated rings. The summed E-state index contributed by atoms with van der Waals surface area (Å²) in [6.45, 7) is 5.39. The van der Waals surface area contributed by atoms with Crippen molar-refractivity contribution < 1.29 is 0 Å². The molecule has 0 aromatic carbocycles. The third-order valence-electron chi connectivity index (χ3n) is 3.26. The zero-order valence-electron chi connectivity index (χ0n) is 10.6. The summed E-state index contributed by atoms with van der Waals surface area (Å²) in [7, 11) is 4.29. The number of hydrogen-bond donors (Lipinski definition) is 2. The fraction of sp³-hybridized carbons (Fsp3) is 0.800. The second-order valence-corrected chi connectivity index (χ2v) is 5.91. The second kappa shape index (κ2) is 5.26. The molecule has 1 saturated heterocycles. The topological polar surface area (TPSA) is 70.3 Å². The first-order valence-corrected chi connectivity index (χ1v) is 6.59. The van der Waals surface area contributed by atoms with E-state index in [4.69, 9.17) is 5.84 Å². The Morgan fingerprint density at radius 3 is 2.76 bits per heavy atom. The summed E-state index contributed by atoms with van der Waals surface area (Å²) < 4.78 is 0. The number of hydrazine groups is 1. The molecule has 1 aromatic heterocycles. The molecule has 1 aliphatic heterocycles. The zero-order valence-corrected chi connectivity index (χ0v) is 11.4. The summed E-state index contributed by atoms with van der Waals surface area (Å²) in [6.07, 6.45) is 0. The van der Waals surface area contributed by atoms with E-state index in [-0.39, 0.29) is 0 Å². The fourth-order valence-corrected chi connectivity index (χ4v) is 3.11. The van der Waals surface area contributed by atoms with Crippen LogP contribution >= 0.6 is 11.3 Å². The second-order valence-electron chi connectivity index (χ2n) is 4.85. The maximum Gasteiger partial charge on any atom is 0.219 e. The number of likely N-dealkylation sites (N-methyl/N-ethyl adjacent to an activating group) is 1. The average Bonchev–Trinajstić information content (AvgIpc) is 2.85. The van der Waals surface area contributed by atoms with Gasteiger partial charge in [-0.1, -0.05) is 18.3 Å². The molecular weight excluding hydrogens is 236 g/mol. The Bertz CT molecular complexity index is 365. The zero-order chi connectivity index (χ0) is 12.4. The van der Waals surface area contributed by atoms with Crippen LogP contribution in [-0.2, 0) is 6.54 Å². The number of nitrogens with one attached hydrogen (secondary N) is 1. The lowest BCUT2D eigenvalue weighted by molar-refractivity contribution is 0.250. The number of anilines is 1. The summed E-state index contributed by atoms with van der Waals surface area (Å²) in [5, 5.41) is 9.76. The van der Waals surface area contributed by atoms with Crippen LogP contribution < -0.4 is 11.3 Å². The van der Waals surface area contributed by atoms with Gasteiger partial charge in [0.05, 0.1) is 6.54 Å². The van der Waals surface area contributed by atoms with E-state index in [1.165, 1.54) is 11.3 Å². The molecule has 17 heavy (non-hydrogen) atoms. The van der Waals surface area contributed by atoms with E-state index in [9.17, 15) is 0 Å². The SMILES string of the molecule is CC1CN(Cc2nnc(NN)s2)CC1N(C)C. The van der Waals surface area contributed by atoms with Crippen molar-refractivity contribution in [1.29, 1.82) is 0 Å². The van der Waals surface area contributed by atoms with Crippen LogP contribution in [-0.4, -0.2) is 53.2 Å². The number of aromatic nitrogens is 2. The Kier molecular flexibility index (Phi) is 3.93. The molecule has 1 aliphatic rings. The van der Waals surface area contributed by atoms with E-state index < -0.39 is 0 Å². The van der Waals surface area contributed by atoms with Crippen molar-refractivity contribution in [2.45, 2.75) is 19.5 Å². The van der Waals surface area contributed by atoms with Gasteiger partial charge in [-0.15, -0.1) is 10.2 Å². The van der Waals surface area contributed by atoms with E-state index in [0.717, 1.165) is 24.6 Å². The van der Waals surface area contributed by atoms with E-state index >= 15 is 0 Å². The largest absolute Gasteiger partial charge is 0.305 e. The molecule has 3 N–H and O–H groups in total. The van der Waals surface area contributed by atoms with Gasteiger partial charge in [0.15, 0.2) is 0 Å². The summed E-state index contributed by atoms with van der Waals surface area (Å²) in [4.78, 5) is 4.73. The van der Waals surface area contributed by atoms with E-state index in [1.807, 2.05) is 0 Å². The molecule has 96 valence electrons. The fourth-order valence-electron chi connectivity index (χ4n) is 2.42. The van der Waals surface area contributed by atoms with Gasteiger partial charge in [0, 0.05) is 19.1 Å². The number of hydrogen-bond acceptors (Lipinski definition) is 7. The normalized spacial score (nSPS) is 25.7. The first kappa shape index (κ1) is 12.7. The third kappa shape index (κ3) is 2.92. The molecule has 0 aliphatic carbocycles. The van der Waals surface area contributed by atoms with E-state index in [2.05, 4.69) is 46.4 Å². The maximum atomic E-state index is 5.29. The summed E-state index contributed by atoms with van der Waals surface area (Å²) in [5.41, 5.74) is 2.53. The summed E-state index contributed by atoms with van der Waals surface area (Å²) >= 11 is 1.52. The number of rotatable bonds is 4. The van der Waals surface area contributed by atoms with Gasteiger partial charge in [-0.3, -0.25) is 10.3 Å². The highest BCUT2D eigenvalue weighted by Gasteiger charge is 2.31. The highest BCUT2D eigenvalue weighted by Crippen LogP contribution is 2.23. The molecule has 2 atom stereocenters. The molecule has 6 nitrogen and oxygen atoms in total. The van der Waals surface area contributed by atoms with E-state index in [0.29, 0.717) is 17.1 Å². The average molecular weight is 256 g/mol. The van der Waals surface area contributed by atoms with Crippen LogP contribution in [0.5, 0.6) is 0 Å². The Morgan fingerprint density at radius 2 is 2.24 bits per heavy atom. The van der Waals surface area contributed by atoms with E-state index in [1.54, 1.807) is 0 Å². The monoisotopic (exact) mass is 256 g/mol. The van der Waals surface area contributed by atoms with Gasteiger partial charge >= 0.3 is 0 Å². The molecule has 0 radical (unpaired) electrons. The number of nitrogens with zero attached hydrogens (tertiary/aromatic N) is 4. The van der Waals surface area contributed by atoms with Crippen LogP contribution in [0.15, 0.2) is 0 Å². The van der Waals surface area contributed by atoms with Crippen molar-refractivity contribution >= 4 is 16.5 Å². The Hall–Kier alpha value is -0.760. The predicted octanol–water partition coefficient (Wildman–Crippen LogP) is 0.206. The standard InChI is InChI=1S/C10H20N6S/c1-7-4-16(5-8(7)15(2)3)6-9-13-14-10(12-11)17-9/h7-8H,4-6,11H2,1-3H3,(H,12,14). The van der Waals surface area contributed by atoms with Crippen LogP contribution in [0.3, 0.4) is 0 Å². The summed E-state index contributed by atoms with van der Waals surface area (Å²) in [6, 6.07) is 0.634. The number of likely N-dealkylation sites (tertiary alicyclic amines) is 1. The van der Waals surface area contributed by atoms with Crippen molar-refractivity contribution in [2.24, 2.45) is 11.8 Å². The first-order valence-electron chi connectivity index (χ1n) is 5.78.